The van der Waals surface area contributed by atoms with Crippen LogP contribution in [-0.2, 0) is 11.2 Å². The minimum absolute atomic E-state index is 0.0108. The van der Waals surface area contributed by atoms with E-state index < -0.39 is 0 Å². The zero-order chi connectivity index (χ0) is 22.2. The van der Waals surface area contributed by atoms with Crippen molar-refractivity contribution in [2.75, 3.05) is 27.2 Å². The molecule has 1 unspecified atom stereocenters. The van der Waals surface area contributed by atoms with Crippen LogP contribution in [0.5, 0.6) is 0 Å². The van der Waals surface area contributed by atoms with Gasteiger partial charge in [-0.25, -0.2) is 0 Å². The van der Waals surface area contributed by atoms with Crippen molar-refractivity contribution in [3.05, 3.63) is 71.0 Å². The van der Waals surface area contributed by atoms with Crippen LogP contribution in [0.15, 0.2) is 59.8 Å². The molecule has 0 aliphatic heterocycles. The number of hydrogen-bond acceptors (Lipinski definition) is 3. The summed E-state index contributed by atoms with van der Waals surface area (Å²) in [5.74, 6) is 1.69. The summed E-state index contributed by atoms with van der Waals surface area (Å²) in [5.41, 5.74) is 10.6. The van der Waals surface area contributed by atoms with Gasteiger partial charge in [-0.2, -0.15) is 0 Å². The molecule has 2 aliphatic carbocycles. The summed E-state index contributed by atoms with van der Waals surface area (Å²) < 4.78 is 0. The number of hydrogen-bond donors (Lipinski definition) is 2. The number of nitrogens with zero attached hydrogens (tertiary/aromatic N) is 1. The molecule has 0 spiro atoms. The number of nitrogens with two attached hydrogens (primary N) is 1. The SMILES string of the molecule is Cc1cccc(C/C(C(=O)NCCN(C)C)=C(/N)C2CCC(C3C=CC=CC3)CC2)c1. The van der Waals surface area contributed by atoms with E-state index in [4.69, 9.17) is 5.73 Å². The molecule has 31 heavy (non-hydrogen) atoms. The Balaban J connectivity index is 1.71. The number of benzene rings is 1. The van der Waals surface area contributed by atoms with Crippen LogP contribution in [0.1, 0.15) is 43.2 Å². The van der Waals surface area contributed by atoms with Gasteiger partial charge in [-0.3, -0.25) is 4.79 Å². The molecule has 3 rings (SSSR count). The van der Waals surface area contributed by atoms with Gasteiger partial charge in [0.25, 0.3) is 0 Å². The van der Waals surface area contributed by atoms with Crippen molar-refractivity contribution in [2.24, 2.45) is 23.5 Å². The second-order valence-electron chi connectivity index (χ2n) is 9.48. The van der Waals surface area contributed by atoms with E-state index in [2.05, 4.69) is 65.7 Å². The minimum atomic E-state index is -0.0108. The quantitative estimate of drug-likeness (QED) is 0.613. The first-order valence-electron chi connectivity index (χ1n) is 11.7. The lowest BCUT2D eigenvalue weighted by Crippen LogP contribution is -2.35. The van der Waals surface area contributed by atoms with Crippen molar-refractivity contribution in [3.8, 4) is 0 Å². The van der Waals surface area contributed by atoms with E-state index >= 15 is 0 Å². The summed E-state index contributed by atoms with van der Waals surface area (Å²) >= 11 is 0. The van der Waals surface area contributed by atoms with E-state index in [1.807, 2.05) is 14.1 Å². The molecule has 1 fully saturated rings. The Morgan fingerprint density at radius 3 is 2.58 bits per heavy atom. The van der Waals surface area contributed by atoms with Gasteiger partial charge in [0.1, 0.15) is 0 Å². The highest BCUT2D eigenvalue weighted by Crippen LogP contribution is 2.39. The first-order valence-corrected chi connectivity index (χ1v) is 11.7. The topological polar surface area (TPSA) is 58.4 Å². The number of carbonyl (C=O) groups is 1. The van der Waals surface area contributed by atoms with Crippen LogP contribution >= 0.6 is 0 Å². The first kappa shape index (κ1) is 23.3. The summed E-state index contributed by atoms with van der Waals surface area (Å²) in [6.07, 6.45) is 15.3. The number of likely N-dealkylation sites (N-methyl/N-ethyl adjacent to an activating group) is 1. The number of carbonyl (C=O) groups excluding carboxylic acids is 1. The van der Waals surface area contributed by atoms with Crippen molar-refractivity contribution >= 4 is 5.91 Å². The number of aryl methyl sites for hydroxylation is 1. The summed E-state index contributed by atoms with van der Waals surface area (Å²) in [6.45, 7) is 3.53. The predicted molar refractivity (Wildman–Crippen MR) is 129 cm³/mol. The lowest BCUT2D eigenvalue weighted by Gasteiger charge is -2.34. The van der Waals surface area contributed by atoms with Gasteiger partial charge in [0, 0.05) is 30.8 Å². The van der Waals surface area contributed by atoms with E-state index in [-0.39, 0.29) is 5.91 Å². The van der Waals surface area contributed by atoms with E-state index in [1.54, 1.807) is 0 Å². The molecule has 2 aliphatic rings. The molecule has 168 valence electrons. The average Bonchev–Trinajstić information content (AvgIpc) is 2.77. The van der Waals surface area contributed by atoms with Crippen molar-refractivity contribution in [1.29, 1.82) is 0 Å². The molecule has 0 bridgehead atoms. The summed E-state index contributed by atoms with van der Waals surface area (Å²) in [7, 11) is 4.03. The highest BCUT2D eigenvalue weighted by Gasteiger charge is 2.29. The van der Waals surface area contributed by atoms with Crippen LogP contribution in [0.2, 0.25) is 0 Å². The molecule has 0 heterocycles. The van der Waals surface area contributed by atoms with Crippen LogP contribution in [0.3, 0.4) is 0 Å². The Kier molecular flexibility index (Phi) is 8.53. The van der Waals surface area contributed by atoms with E-state index in [1.165, 1.54) is 18.4 Å². The van der Waals surface area contributed by atoms with Crippen molar-refractivity contribution < 1.29 is 4.79 Å². The second-order valence-corrected chi connectivity index (χ2v) is 9.48. The Labute approximate surface area is 188 Å². The molecule has 1 amide bonds. The molecule has 4 nitrogen and oxygen atoms in total. The van der Waals surface area contributed by atoms with Crippen molar-refractivity contribution in [1.82, 2.24) is 10.2 Å². The largest absolute Gasteiger partial charge is 0.401 e. The third-order valence-electron chi connectivity index (χ3n) is 6.76. The van der Waals surface area contributed by atoms with Gasteiger partial charge >= 0.3 is 0 Å². The fourth-order valence-electron chi connectivity index (χ4n) is 4.89. The normalized spacial score (nSPS) is 24.2. The third kappa shape index (κ3) is 6.83. The predicted octanol–water partition coefficient (Wildman–Crippen LogP) is 4.37. The van der Waals surface area contributed by atoms with Gasteiger partial charge in [0.15, 0.2) is 0 Å². The average molecular weight is 422 g/mol. The number of rotatable bonds is 8. The highest BCUT2D eigenvalue weighted by atomic mass is 16.1. The maximum absolute atomic E-state index is 13.1. The van der Waals surface area contributed by atoms with Crippen molar-refractivity contribution in [3.63, 3.8) is 0 Å². The summed E-state index contributed by atoms with van der Waals surface area (Å²) in [4.78, 5) is 15.2. The lowest BCUT2D eigenvalue weighted by atomic mass is 9.72. The Hall–Kier alpha value is -2.33. The molecule has 1 saturated carbocycles. The number of nitrogens with one attached hydrogen (secondary N) is 1. The fourth-order valence-corrected chi connectivity index (χ4v) is 4.89. The van der Waals surface area contributed by atoms with Crippen molar-refractivity contribution in [2.45, 2.75) is 45.4 Å². The smallest absolute Gasteiger partial charge is 0.249 e. The molecule has 1 aromatic carbocycles. The summed E-state index contributed by atoms with van der Waals surface area (Å²) in [6, 6.07) is 8.39. The van der Waals surface area contributed by atoms with E-state index in [0.717, 1.165) is 48.6 Å². The minimum Gasteiger partial charge on any atom is -0.401 e. The zero-order valence-corrected chi connectivity index (χ0v) is 19.4. The lowest BCUT2D eigenvalue weighted by molar-refractivity contribution is -0.117. The van der Waals surface area contributed by atoms with Crippen LogP contribution in [0.25, 0.3) is 0 Å². The first-order chi connectivity index (χ1) is 14.9. The fraction of sp³-hybridized carbons (Fsp3) is 0.519. The number of allylic oxidation sites excluding steroid dienone is 5. The third-order valence-corrected chi connectivity index (χ3v) is 6.76. The van der Waals surface area contributed by atoms with Gasteiger partial charge in [-0.1, -0.05) is 54.1 Å². The van der Waals surface area contributed by atoms with Crippen LogP contribution in [0, 0.1) is 24.7 Å². The Bertz CT molecular complexity index is 829. The molecule has 3 N–H and O–H groups in total. The van der Waals surface area contributed by atoms with Gasteiger partial charge in [0.2, 0.25) is 5.91 Å². The highest BCUT2D eigenvalue weighted by molar-refractivity contribution is 5.94. The van der Waals surface area contributed by atoms with Crippen LogP contribution in [0.4, 0.5) is 0 Å². The molecule has 0 aromatic heterocycles. The van der Waals surface area contributed by atoms with Crippen LogP contribution < -0.4 is 11.1 Å². The Morgan fingerprint density at radius 1 is 1.16 bits per heavy atom. The Morgan fingerprint density at radius 2 is 1.94 bits per heavy atom. The molecule has 1 aromatic rings. The van der Waals surface area contributed by atoms with E-state index in [0.29, 0.717) is 24.8 Å². The molecule has 0 radical (unpaired) electrons. The summed E-state index contributed by atoms with van der Waals surface area (Å²) in [5, 5.41) is 3.09. The van der Waals surface area contributed by atoms with Gasteiger partial charge in [-0.15, -0.1) is 0 Å². The molecule has 0 saturated heterocycles. The van der Waals surface area contributed by atoms with E-state index in [9.17, 15) is 4.79 Å². The molecular weight excluding hydrogens is 382 g/mol. The molecule has 4 heteroatoms. The molecular formula is C27H39N3O. The van der Waals surface area contributed by atoms with Gasteiger partial charge in [-0.05, 0) is 76.4 Å². The van der Waals surface area contributed by atoms with Crippen LogP contribution in [-0.4, -0.2) is 38.0 Å². The monoisotopic (exact) mass is 421 g/mol. The number of amides is 1. The van der Waals surface area contributed by atoms with Gasteiger partial charge < -0.3 is 16.0 Å². The standard InChI is InChI=1S/C27H39N3O/c1-20-8-7-9-21(18-20)19-25(27(31)29-16-17-30(2)3)26(28)24-14-12-23(13-15-24)22-10-5-4-6-11-22/h4-10,18,22-24H,11-17,19,28H2,1-3H3,(H,29,31)/b26-25-. The second kappa shape index (κ2) is 11.3. The maximum atomic E-state index is 13.1. The molecule has 1 atom stereocenters. The zero-order valence-electron chi connectivity index (χ0n) is 19.4. The van der Waals surface area contributed by atoms with Gasteiger partial charge in [0.05, 0.1) is 0 Å². The maximum Gasteiger partial charge on any atom is 0.249 e.